The molecule has 1 amide bonds. The van der Waals surface area contributed by atoms with Gasteiger partial charge in [-0.05, 0) is 18.8 Å². The molecule has 8 nitrogen and oxygen atoms in total. The van der Waals surface area contributed by atoms with Crippen LogP contribution < -0.4 is 10.4 Å². The number of amides is 1. The summed E-state index contributed by atoms with van der Waals surface area (Å²) in [5.41, 5.74) is -1.27. The SMILES string of the molecule is C[C@@H]1CCN2[C@@H](C1)N(C)C(=O)c1c(O)c(=O)c(-c3nnc(Cc4c(F)cc(F)cc4F)s3)cn12. The molecule has 4 heterocycles. The molecule has 1 saturated heterocycles. The standard InChI is InChI=1S/C22H20F3N5O3S/c1-10-3-4-29-17(5-10)28(2)22(33)18-20(32)19(31)13(9-30(18)29)21-27-26-16(34-21)8-12-14(24)6-11(23)7-15(12)25/h6-7,9-10,17,32H,3-5,8H2,1-2H3/t10-,17+/m1/s1. The fourth-order valence-corrected chi connectivity index (χ4v) is 5.34. The lowest BCUT2D eigenvalue weighted by Gasteiger charge is -2.49. The molecular formula is C22H20F3N5O3S. The van der Waals surface area contributed by atoms with Crippen LogP contribution in [0.15, 0.2) is 23.1 Å². The van der Waals surface area contributed by atoms with E-state index in [2.05, 4.69) is 17.1 Å². The van der Waals surface area contributed by atoms with Gasteiger partial charge in [-0.1, -0.05) is 18.3 Å². The minimum Gasteiger partial charge on any atom is -0.502 e. The predicted molar refractivity (Wildman–Crippen MR) is 118 cm³/mol. The number of carbonyl (C=O) groups is 1. The zero-order chi connectivity index (χ0) is 24.3. The molecule has 0 spiro atoms. The molecule has 178 valence electrons. The number of halogens is 3. The first-order chi connectivity index (χ1) is 16.2. The Kier molecular flexibility index (Phi) is 5.34. The number of fused-ring (bicyclic) bond motifs is 3. The Morgan fingerprint density at radius 2 is 1.88 bits per heavy atom. The number of aromatic hydroxyl groups is 1. The number of aromatic nitrogens is 3. The van der Waals surface area contributed by atoms with E-state index in [0.29, 0.717) is 24.6 Å². The zero-order valence-corrected chi connectivity index (χ0v) is 19.1. The average Bonchev–Trinajstić information content (AvgIpc) is 3.25. The van der Waals surface area contributed by atoms with Crippen molar-refractivity contribution >= 4 is 17.2 Å². The monoisotopic (exact) mass is 491 g/mol. The molecule has 0 aliphatic carbocycles. The number of benzene rings is 1. The highest BCUT2D eigenvalue weighted by Gasteiger charge is 2.41. The fourth-order valence-electron chi connectivity index (χ4n) is 4.48. The van der Waals surface area contributed by atoms with Crippen molar-refractivity contribution in [2.45, 2.75) is 32.4 Å². The Bertz CT molecular complexity index is 1350. The first kappa shape index (κ1) is 22.4. The van der Waals surface area contributed by atoms with E-state index in [1.165, 1.54) is 15.8 Å². The number of hydrogen-bond acceptors (Lipinski definition) is 7. The van der Waals surface area contributed by atoms with E-state index in [1.807, 2.05) is 5.01 Å². The Labute approximate surface area is 195 Å². The molecule has 1 fully saturated rings. The van der Waals surface area contributed by atoms with Crippen LogP contribution >= 0.6 is 11.3 Å². The van der Waals surface area contributed by atoms with Crippen LogP contribution in [-0.2, 0) is 6.42 Å². The second-order valence-corrected chi connectivity index (χ2v) is 9.69. The lowest BCUT2D eigenvalue weighted by atomic mass is 9.96. The third-order valence-corrected chi connectivity index (χ3v) is 7.31. The fraction of sp³-hybridized carbons (Fsp3) is 0.364. The molecule has 2 aliphatic heterocycles. The lowest BCUT2D eigenvalue weighted by Crippen LogP contribution is -2.62. The van der Waals surface area contributed by atoms with Gasteiger partial charge in [0.15, 0.2) is 16.5 Å². The van der Waals surface area contributed by atoms with Gasteiger partial charge in [0.05, 0.1) is 5.56 Å². The van der Waals surface area contributed by atoms with Gasteiger partial charge >= 0.3 is 0 Å². The minimum atomic E-state index is -1.05. The summed E-state index contributed by atoms with van der Waals surface area (Å²) in [6.07, 6.45) is 2.55. The van der Waals surface area contributed by atoms with Crippen LogP contribution in [0.4, 0.5) is 13.2 Å². The average molecular weight is 491 g/mol. The van der Waals surface area contributed by atoms with E-state index in [0.717, 1.165) is 24.2 Å². The summed E-state index contributed by atoms with van der Waals surface area (Å²) < 4.78 is 42.8. The number of piperidine rings is 1. The van der Waals surface area contributed by atoms with Crippen LogP contribution in [0.5, 0.6) is 5.75 Å². The molecule has 5 rings (SSSR count). The van der Waals surface area contributed by atoms with Crippen molar-refractivity contribution in [2.24, 2.45) is 5.92 Å². The summed E-state index contributed by atoms with van der Waals surface area (Å²) in [6.45, 7) is 2.72. The first-order valence-corrected chi connectivity index (χ1v) is 11.5. The molecule has 12 heteroatoms. The third-order valence-electron chi connectivity index (χ3n) is 6.35. The normalized spacial score (nSPS) is 19.9. The summed E-state index contributed by atoms with van der Waals surface area (Å²) in [4.78, 5) is 27.4. The first-order valence-electron chi connectivity index (χ1n) is 10.6. The van der Waals surface area contributed by atoms with E-state index in [9.17, 15) is 27.9 Å². The maximum absolute atomic E-state index is 14.0. The minimum absolute atomic E-state index is 0.0137. The molecule has 2 aromatic heterocycles. The second-order valence-electron chi connectivity index (χ2n) is 8.63. The van der Waals surface area contributed by atoms with Crippen molar-refractivity contribution in [2.75, 3.05) is 18.6 Å². The van der Waals surface area contributed by atoms with Crippen molar-refractivity contribution in [3.05, 3.63) is 62.3 Å². The number of carbonyl (C=O) groups excluding carboxylic acids is 1. The molecule has 0 unspecified atom stereocenters. The van der Waals surface area contributed by atoms with Gasteiger partial charge in [0.25, 0.3) is 5.91 Å². The molecule has 34 heavy (non-hydrogen) atoms. The highest BCUT2D eigenvalue weighted by atomic mass is 32.1. The second kappa shape index (κ2) is 8.12. The summed E-state index contributed by atoms with van der Waals surface area (Å²) >= 11 is 0.919. The molecule has 1 N–H and O–H groups in total. The Balaban J connectivity index is 1.55. The smallest absolute Gasteiger partial charge is 0.277 e. The van der Waals surface area contributed by atoms with Gasteiger partial charge in [0, 0.05) is 43.9 Å². The van der Waals surface area contributed by atoms with E-state index in [-0.39, 0.29) is 39.4 Å². The summed E-state index contributed by atoms with van der Waals surface area (Å²) in [6, 6.07) is 1.16. The molecule has 1 aromatic carbocycles. The topological polar surface area (TPSA) is 91.6 Å². The van der Waals surface area contributed by atoms with Crippen LogP contribution in [0.3, 0.4) is 0 Å². The maximum atomic E-state index is 14.0. The molecule has 0 bridgehead atoms. The summed E-state index contributed by atoms with van der Waals surface area (Å²) in [5.74, 6) is -3.87. The number of rotatable bonds is 3. The van der Waals surface area contributed by atoms with Crippen molar-refractivity contribution in [1.29, 1.82) is 0 Å². The molecule has 2 aliphatic rings. The summed E-state index contributed by atoms with van der Waals surface area (Å²) in [5, 5.41) is 20.8. The highest BCUT2D eigenvalue weighted by Crippen LogP contribution is 2.33. The van der Waals surface area contributed by atoms with Crippen molar-refractivity contribution in [1.82, 2.24) is 19.8 Å². The van der Waals surface area contributed by atoms with E-state index in [1.54, 1.807) is 7.05 Å². The molecular weight excluding hydrogens is 471 g/mol. The number of nitrogens with zero attached hydrogens (tertiary/aromatic N) is 5. The van der Waals surface area contributed by atoms with E-state index >= 15 is 0 Å². The van der Waals surface area contributed by atoms with Crippen LogP contribution in [-0.4, -0.2) is 50.5 Å². The number of pyridine rings is 1. The molecule has 0 saturated carbocycles. The Morgan fingerprint density at radius 1 is 1.18 bits per heavy atom. The third kappa shape index (κ3) is 3.52. The van der Waals surface area contributed by atoms with Crippen LogP contribution in [0.2, 0.25) is 0 Å². The largest absolute Gasteiger partial charge is 0.502 e. The summed E-state index contributed by atoms with van der Waals surface area (Å²) in [7, 11) is 1.64. The Hall–Kier alpha value is -3.41. The predicted octanol–water partition coefficient (Wildman–Crippen LogP) is 2.86. The van der Waals surface area contributed by atoms with Gasteiger partial charge in [-0.25, -0.2) is 13.2 Å². The van der Waals surface area contributed by atoms with Gasteiger partial charge in [-0.2, -0.15) is 0 Å². The number of hydrogen-bond donors (Lipinski definition) is 1. The van der Waals surface area contributed by atoms with Gasteiger partial charge in [-0.3, -0.25) is 19.3 Å². The van der Waals surface area contributed by atoms with Crippen LogP contribution in [0.1, 0.15) is 40.8 Å². The van der Waals surface area contributed by atoms with Crippen molar-refractivity contribution < 1.29 is 23.1 Å². The lowest BCUT2D eigenvalue weighted by molar-refractivity contribution is 0.0559. The molecule has 0 radical (unpaired) electrons. The molecule has 3 aromatic rings. The van der Waals surface area contributed by atoms with Crippen molar-refractivity contribution in [3.63, 3.8) is 0 Å². The zero-order valence-electron chi connectivity index (χ0n) is 18.3. The highest BCUT2D eigenvalue weighted by molar-refractivity contribution is 7.14. The van der Waals surface area contributed by atoms with Gasteiger partial charge in [0.1, 0.15) is 28.6 Å². The van der Waals surface area contributed by atoms with E-state index in [4.69, 9.17) is 0 Å². The van der Waals surface area contributed by atoms with Crippen LogP contribution in [0.25, 0.3) is 10.6 Å². The van der Waals surface area contributed by atoms with Crippen molar-refractivity contribution in [3.8, 4) is 16.3 Å². The Morgan fingerprint density at radius 3 is 2.59 bits per heavy atom. The van der Waals surface area contributed by atoms with Crippen LogP contribution in [0, 0.1) is 23.4 Å². The molecule has 2 atom stereocenters. The quantitative estimate of drug-likeness (QED) is 0.606. The van der Waals surface area contributed by atoms with Gasteiger partial charge in [-0.15, -0.1) is 10.2 Å². The van der Waals surface area contributed by atoms with E-state index < -0.39 is 34.5 Å². The maximum Gasteiger partial charge on any atom is 0.277 e. The van der Waals surface area contributed by atoms with Gasteiger partial charge in [0.2, 0.25) is 5.43 Å². The van der Waals surface area contributed by atoms with Gasteiger partial charge < -0.3 is 10.0 Å².